The van der Waals surface area contributed by atoms with Crippen LogP contribution < -0.4 is 4.90 Å². The Kier molecular flexibility index (Phi) is 5.53. The molecule has 0 bridgehead atoms. The van der Waals surface area contributed by atoms with Gasteiger partial charge in [0, 0.05) is 32.7 Å². The average molecular weight is 472 g/mol. The lowest BCUT2D eigenvalue weighted by molar-refractivity contribution is -0.138. The number of nitrogens with zero attached hydrogens (tertiary/aromatic N) is 4. The first-order valence-corrected chi connectivity index (χ1v) is 11.3. The third-order valence-electron chi connectivity index (χ3n) is 6.65. The summed E-state index contributed by atoms with van der Waals surface area (Å²) in [6, 6.07) is 6.43. The van der Waals surface area contributed by atoms with Gasteiger partial charge in [-0.15, -0.1) is 0 Å². The smallest absolute Gasteiger partial charge is 0.367 e. The molecule has 10 heteroatoms. The van der Waals surface area contributed by atoms with Crippen molar-refractivity contribution in [3.8, 4) is 0 Å². The van der Waals surface area contributed by atoms with Crippen LogP contribution in [0.25, 0.3) is 0 Å². The van der Waals surface area contributed by atoms with Gasteiger partial charge in [-0.2, -0.15) is 13.2 Å². The molecule has 0 atom stereocenters. The molecule has 0 unspecified atom stereocenters. The minimum Gasteiger partial charge on any atom is -0.367 e. The molecule has 5 rings (SSSR count). The minimum absolute atomic E-state index is 0.155. The van der Waals surface area contributed by atoms with Crippen molar-refractivity contribution in [3.63, 3.8) is 0 Å². The summed E-state index contributed by atoms with van der Waals surface area (Å²) in [6.07, 6.45) is 0.0149. The number of rotatable bonds is 5. The molecule has 0 N–H and O–H groups in total. The van der Waals surface area contributed by atoms with Gasteiger partial charge in [0.25, 0.3) is 17.7 Å². The molecule has 3 heterocycles. The number of halogens is 3. The van der Waals surface area contributed by atoms with Crippen LogP contribution in [0, 0.1) is 5.92 Å². The van der Waals surface area contributed by atoms with Crippen molar-refractivity contribution in [2.75, 3.05) is 37.6 Å². The van der Waals surface area contributed by atoms with Crippen LogP contribution in [0.15, 0.2) is 36.5 Å². The number of anilines is 1. The molecular weight excluding hydrogens is 449 g/mol. The normalized spacial score (nSPS) is 18.5. The first-order chi connectivity index (χ1) is 16.2. The van der Waals surface area contributed by atoms with Gasteiger partial charge >= 0.3 is 6.18 Å². The lowest BCUT2D eigenvalue weighted by Gasteiger charge is -2.36. The number of hydrogen-bond donors (Lipinski definition) is 0. The van der Waals surface area contributed by atoms with Crippen LogP contribution in [0.1, 0.15) is 56.0 Å². The Labute approximate surface area is 194 Å². The molecule has 0 radical (unpaired) electrons. The number of carbonyl (C=O) groups excluding carboxylic acids is 3. The van der Waals surface area contributed by atoms with Crippen molar-refractivity contribution in [2.45, 2.75) is 25.4 Å². The van der Waals surface area contributed by atoms with Gasteiger partial charge in [-0.3, -0.25) is 19.3 Å². The van der Waals surface area contributed by atoms with E-state index in [4.69, 9.17) is 0 Å². The fourth-order valence-electron chi connectivity index (χ4n) is 4.50. The first-order valence-electron chi connectivity index (χ1n) is 11.3. The molecule has 0 spiro atoms. The summed E-state index contributed by atoms with van der Waals surface area (Å²) in [7, 11) is 0. The minimum atomic E-state index is -4.61. The fourth-order valence-corrected chi connectivity index (χ4v) is 4.50. The van der Waals surface area contributed by atoms with Crippen LogP contribution in [0.5, 0.6) is 0 Å². The number of pyridine rings is 1. The second-order valence-electron chi connectivity index (χ2n) is 8.91. The monoisotopic (exact) mass is 472 g/mol. The quantitative estimate of drug-likeness (QED) is 0.624. The highest BCUT2D eigenvalue weighted by Gasteiger charge is 2.39. The lowest BCUT2D eigenvalue weighted by Crippen LogP contribution is -2.49. The van der Waals surface area contributed by atoms with Crippen LogP contribution >= 0.6 is 0 Å². The van der Waals surface area contributed by atoms with Crippen molar-refractivity contribution in [1.29, 1.82) is 0 Å². The lowest BCUT2D eigenvalue weighted by atomic mass is 10.1. The van der Waals surface area contributed by atoms with E-state index >= 15 is 0 Å². The van der Waals surface area contributed by atoms with Gasteiger partial charge in [-0.25, -0.2) is 4.98 Å². The molecule has 3 amide bonds. The van der Waals surface area contributed by atoms with E-state index in [1.807, 2.05) is 4.90 Å². The Hall–Kier alpha value is -3.43. The van der Waals surface area contributed by atoms with Crippen molar-refractivity contribution in [1.82, 2.24) is 14.8 Å². The Bertz CT molecular complexity index is 1150. The summed E-state index contributed by atoms with van der Waals surface area (Å²) < 4.78 is 39.9. The second-order valence-corrected chi connectivity index (χ2v) is 8.91. The standard InChI is InChI=1S/C24H23F3N4O3/c25-24(26,27)19-4-2-1-3-17(19)21(32)30-11-9-29(10-12-30)16-13-18-20(28-14-16)23(34)31(22(18)33)8-7-15-5-6-15/h1-4,13-15H,5-12H2. The number of hydrogen-bond acceptors (Lipinski definition) is 5. The number of amides is 3. The summed E-state index contributed by atoms with van der Waals surface area (Å²) >= 11 is 0. The number of carbonyl (C=O) groups is 3. The zero-order chi connectivity index (χ0) is 24.0. The van der Waals surface area contributed by atoms with E-state index in [0.717, 1.165) is 25.3 Å². The maximum absolute atomic E-state index is 13.3. The van der Waals surface area contributed by atoms with E-state index in [0.29, 0.717) is 31.2 Å². The van der Waals surface area contributed by atoms with Gasteiger partial charge < -0.3 is 9.80 Å². The largest absolute Gasteiger partial charge is 0.417 e. The topological polar surface area (TPSA) is 73.8 Å². The highest BCUT2D eigenvalue weighted by atomic mass is 19.4. The summed E-state index contributed by atoms with van der Waals surface area (Å²) in [4.78, 5) is 47.0. The van der Waals surface area contributed by atoms with Crippen LogP contribution in [0.4, 0.5) is 18.9 Å². The molecule has 1 saturated carbocycles. The number of piperazine rings is 1. The molecular formula is C24H23F3N4O3. The Morgan fingerprint density at radius 3 is 2.41 bits per heavy atom. The summed E-state index contributed by atoms with van der Waals surface area (Å²) in [5.41, 5.74) is -0.234. The maximum Gasteiger partial charge on any atom is 0.417 e. The fraction of sp³-hybridized carbons (Fsp3) is 0.417. The van der Waals surface area contributed by atoms with E-state index in [2.05, 4.69) is 4.98 Å². The van der Waals surface area contributed by atoms with Gasteiger partial charge in [-0.05, 0) is 30.5 Å². The zero-order valence-electron chi connectivity index (χ0n) is 18.3. The number of imide groups is 1. The molecule has 34 heavy (non-hydrogen) atoms. The number of aromatic nitrogens is 1. The van der Waals surface area contributed by atoms with E-state index in [1.54, 1.807) is 6.07 Å². The zero-order valence-corrected chi connectivity index (χ0v) is 18.3. The predicted molar refractivity (Wildman–Crippen MR) is 117 cm³/mol. The average Bonchev–Trinajstić information content (AvgIpc) is 3.63. The molecule has 7 nitrogen and oxygen atoms in total. The molecule has 1 saturated heterocycles. The van der Waals surface area contributed by atoms with Gasteiger partial charge in [0.15, 0.2) is 0 Å². The number of fused-ring (bicyclic) bond motifs is 1. The maximum atomic E-state index is 13.3. The highest BCUT2D eigenvalue weighted by molar-refractivity contribution is 6.20. The van der Waals surface area contributed by atoms with Crippen LogP contribution in [-0.4, -0.2) is 65.2 Å². The molecule has 3 aliphatic rings. The van der Waals surface area contributed by atoms with Crippen LogP contribution in [0.3, 0.4) is 0 Å². The number of benzene rings is 1. The van der Waals surface area contributed by atoms with E-state index in [1.165, 1.54) is 34.2 Å². The third-order valence-corrected chi connectivity index (χ3v) is 6.65. The third kappa shape index (κ3) is 4.12. The van der Waals surface area contributed by atoms with Crippen molar-refractivity contribution >= 4 is 23.4 Å². The number of alkyl halides is 3. The van der Waals surface area contributed by atoms with Crippen molar-refractivity contribution in [3.05, 3.63) is 58.9 Å². The SMILES string of the molecule is O=C(c1ccccc1C(F)(F)F)N1CCN(c2cnc3c(c2)C(=O)N(CCC2CC2)C3=O)CC1. The van der Waals surface area contributed by atoms with E-state index < -0.39 is 17.6 Å². The van der Waals surface area contributed by atoms with Gasteiger partial charge in [0.2, 0.25) is 0 Å². The second kappa shape index (κ2) is 8.41. The van der Waals surface area contributed by atoms with Crippen molar-refractivity contribution in [2.24, 2.45) is 5.92 Å². The molecule has 178 valence electrons. The highest BCUT2D eigenvalue weighted by Crippen LogP contribution is 2.34. The van der Waals surface area contributed by atoms with Crippen LogP contribution in [-0.2, 0) is 6.18 Å². The molecule has 2 fully saturated rings. The summed E-state index contributed by atoms with van der Waals surface area (Å²) in [5, 5.41) is 0. The predicted octanol–water partition coefficient (Wildman–Crippen LogP) is 3.46. The Morgan fingerprint density at radius 2 is 1.74 bits per heavy atom. The Balaban J connectivity index is 1.26. The van der Waals surface area contributed by atoms with E-state index in [-0.39, 0.29) is 41.7 Å². The molecule has 2 aromatic rings. The molecule has 1 aromatic carbocycles. The van der Waals surface area contributed by atoms with E-state index in [9.17, 15) is 27.6 Å². The molecule has 2 aliphatic heterocycles. The van der Waals surface area contributed by atoms with Crippen LogP contribution in [0.2, 0.25) is 0 Å². The van der Waals surface area contributed by atoms with Gasteiger partial charge in [-0.1, -0.05) is 25.0 Å². The molecule has 1 aromatic heterocycles. The Morgan fingerprint density at radius 1 is 1.03 bits per heavy atom. The van der Waals surface area contributed by atoms with Gasteiger partial charge in [0.05, 0.1) is 28.6 Å². The van der Waals surface area contributed by atoms with Crippen molar-refractivity contribution < 1.29 is 27.6 Å². The molecule has 1 aliphatic carbocycles. The summed E-state index contributed by atoms with van der Waals surface area (Å²) in [5.74, 6) is -0.778. The first kappa shape index (κ1) is 22.4. The summed E-state index contributed by atoms with van der Waals surface area (Å²) in [6.45, 7) is 1.58. The van der Waals surface area contributed by atoms with Gasteiger partial charge in [0.1, 0.15) is 5.69 Å².